The van der Waals surface area contributed by atoms with Crippen molar-refractivity contribution in [1.29, 1.82) is 0 Å². The second kappa shape index (κ2) is 11.9. The van der Waals surface area contributed by atoms with Crippen molar-refractivity contribution in [2.24, 2.45) is 5.73 Å². The summed E-state index contributed by atoms with van der Waals surface area (Å²) in [6, 6.07) is 0. The van der Waals surface area contributed by atoms with Crippen LogP contribution in [0.2, 0.25) is 0 Å². The molecule has 20 heavy (non-hydrogen) atoms. The standard InChI is InChI=1S/C11H18N2S.C3H8.CH3NO/c1-3-11-12-9(2)10(14-11)8-13-6-4-5-7-13;1-3-2;2-1-3/h3-8H2,1-2H3;3H2,1-2H3;1H,(H2,2,3). The third kappa shape index (κ3) is 7.60. The Balaban J connectivity index is 0.000000520. The van der Waals surface area contributed by atoms with E-state index in [1.807, 2.05) is 11.3 Å². The number of amides is 1. The van der Waals surface area contributed by atoms with Gasteiger partial charge in [-0.1, -0.05) is 27.2 Å². The van der Waals surface area contributed by atoms with E-state index in [9.17, 15) is 0 Å². The van der Waals surface area contributed by atoms with Gasteiger partial charge in [0.05, 0.1) is 10.7 Å². The third-order valence-electron chi connectivity index (χ3n) is 2.81. The summed E-state index contributed by atoms with van der Waals surface area (Å²) in [5.41, 5.74) is 5.42. The molecule has 4 nitrogen and oxygen atoms in total. The molecule has 0 aromatic carbocycles. The van der Waals surface area contributed by atoms with Gasteiger partial charge in [-0.2, -0.15) is 0 Å². The van der Waals surface area contributed by atoms with Gasteiger partial charge in [0.1, 0.15) is 0 Å². The van der Waals surface area contributed by atoms with Gasteiger partial charge in [-0.15, -0.1) is 11.3 Å². The molecule has 0 aliphatic carbocycles. The molecule has 5 heteroatoms. The predicted molar refractivity (Wildman–Crippen MR) is 87.0 cm³/mol. The fourth-order valence-corrected chi connectivity index (χ4v) is 2.98. The van der Waals surface area contributed by atoms with E-state index >= 15 is 0 Å². The van der Waals surface area contributed by atoms with Crippen molar-refractivity contribution >= 4 is 17.7 Å². The molecule has 0 saturated carbocycles. The van der Waals surface area contributed by atoms with E-state index in [1.165, 1.54) is 47.9 Å². The zero-order valence-electron chi connectivity index (χ0n) is 13.3. The van der Waals surface area contributed by atoms with Crippen molar-refractivity contribution in [2.45, 2.75) is 59.9 Å². The van der Waals surface area contributed by atoms with E-state index in [4.69, 9.17) is 4.79 Å². The highest BCUT2D eigenvalue weighted by Gasteiger charge is 2.14. The second-order valence-electron chi connectivity index (χ2n) is 4.80. The van der Waals surface area contributed by atoms with Gasteiger partial charge in [0.2, 0.25) is 6.41 Å². The molecule has 0 bridgehead atoms. The van der Waals surface area contributed by atoms with Crippen LogP contribution in [0, 0.1) is 6.92 Å². The molecule has 2 rings (SSSR count). The maximum atomic E-state index is 8.58. The molecule has 1 saturated heterocycles. The first-order chi connectivity index (χ1) is 9.62. The molecule has 1 aromatic rings. The summed E-state index contributed by atoms with van der Waals surface area (Å²) in [5, 5.41) is 1.29. The predicted octanol–water partition coefficient (Wildman–Crippen LogP) is 3.13. The van der Waals surface area contributed by atoms with Crippen molar-refractivity contribution in [1.82, 2.24) is 9.88 Å². The van der Waals surface area contributed by atoms with Gasteiger partial charge >= 0.3 is 0 Å². The zero-order valence-corrected chi connectivity index (χ0v) is 14.1. The van der Waals surface area contributed by atoms with Crippen LogP contribution in [0.25, 0.3) is 0 Å². The first kappa shape index (κ1) is 19.1. The van der Waals surface area contributed by atoms with Gasteiger partial charge in [-0.3, -0.25) is 9.69 Å². The Morgan fingerprint density at radius 2 is 1.80 bits per heavy atom. The van der Waals surface area contributed by atoms with Crippen LogP contribution in [0.5, 0.6) is 0 Å². The van der Waals surface area contributed by atoms with Crippen LogP contribution < -0.4 is 5.73 Å². The number of thiazole rings is 1. The number of primary amides is 1. The summed E-state index contributed by atoms with van der Waals surface area (Å²) >= 11 is 1.89. The van der Waals surface area contributed by atoms with E-state index in [0.29, 0.717) is 0 Å². The number of hydrogen-bond acceptors (Lipinski definition) is 4. The number of carbonyl (C=O) groups is 1. The fraction of sp³-hybridized carbons (Fsp3) is 0.733. The quantitative estimate of drug-likeness (QED) is 0.872. The maximum absolute atomic E-state index is 8.58. The molecule has 0 unspecified atom stereocenters. The van der Waals surface area contributed by atoms with Crippen molar-refractivity contribution < 1.29 is 4.79 Å². The first-order valence-electron chi connectivity index (χ1n) is 7.45. The molecular formula is C15H29N3OS. The monoisotopic (exact) mass is 299 g/mol. The van der Waals surface area contributed by atoms with Gasteiger partial charge in [0.25, 0.3) is 0 Å². The number of nitrogens with two attached hydrogens (primary N) is 1. The highest BCUT2D eigenvalue weighted by molar-refractivity contribution is 7.11. The van der Waals surface area contributed by atoms with Crippen molar-refractivity contribution in [3.8, 4) is 0 Å². The van der Waals surface area contributed by atoms with Crippen molar-refractivity contribution in [3.05, 3.63) is 15.6 Å². The third-order valence-corrected chi connectivity index (χ3v) is 4.09. The molecule has 2 N–H and O–H groups in total. The molecule has 1 aliphatic rings. The van der Waals surface area contributed by atoms with Crippen molar-refractivity contribution in [2.75, 3.05) is 13.1 Å². The normalized spacial score (nSPS) is 14.0. The van der Waals surface area contributed by atoms with E-state index in [0.717, 1.165) is 13.0 Å². The summed E-state index contributed by atoms with van der Waals surface area (Å²) in [7, 11) is 0. The number of aromatic nitrogens is 1. The van der Waals surface area contributed by atoms with E-state index < -0.39 is 0 Å². The number of aryl methyl sites for hydroxylation is 2. The highest BCUT2D eigenvalue weighted by Crippen LogP contribution is 2.22. The lowest BCUT2D eigenvalue weighted by Crippen LogP contribution is -2.18. The minimum Gasteiger partial charge on any atom is -0.372 e. The zero-order chi connectivity index (χ0) is 15.4. The summed E-state index contributed by atoms with van der Waals surface area (Å²) in [5.74, 6) is 0. The number of nitrogens with zero attached hydrogens (tertiary/aromatic N) is 2. The molecule has 2 heterocycles. The Kier molecular flexibility index (Phi) is 11.3. The molecule has 0 atom stereocenters. The fourth-order valence-electron chi connectivity index (χ4n) is 1.93. The van der Waals surface area contributed by atoms with Crippen LogP contribution in [-0.2, 0) is 17.8 Å². The minimum absolute atomic E-state index is 0.250. The Morgan fingerprint density at radius 3 is 2.20 bits per heavy atom. The van der Waals surface area contributed by atoms with Crippen LogP contribution in [0.3, 0.4) is 0 Å². The molecular weight excluding hydrogens is 270 g/mol. The number of carbonyl (C=O) groups excluding carboxylic acids is 1. The topological polar surface area (TPSA) is 59.2 Å². The van der Waals surface area contributed by atoms with E-state index in [-0.39, 0.29) is 6.41 Å². The summed E-state index contributed by atoms with van der Waals surface area (Å²) in [6.07, 6.45) is 5.32. The van der Waals surface area contributed by atoms with Crippen LogP contribution in [0.4, 0.5) is 0 Å². The van der Waals surface area contributed by atoms with Crippen LogP contribution >= 0.6 is 11.3 Å². The number of hydrogen-bond donors (Lipinski definition) is 1. The molecule has 1 aliphatic heterocycles. The first-order valence-corrected chi connectivity index (χ1v) is 8.27. The second-order valence-corrected chi connectivity index (χ2v) is 5.96. The van der Waals surface area contributed by atoms with E-state index in [1.54, 1.807) is 0 Å². The Morgan fingerprint density at radius 1 is 1.30 bits per heavy atom. The van der Waals surface area contributed by atoms with Gasteiger partial charge in [0, 0.05) is 11.4 Å². The molecule has 0 spiro atoms. The van der Waals surface area contributed by atoms with Crippen LogP contribution in [0.1, 0.15) is 55.6 Å². The molecule has 1 aromatic heterocycles. The van der Waals surface area contributed by atoms with Gasteiger partial charge in [0.15, 0.2) is 0 Å². The van der Waals surface area contributed by atoms with Gasteiger partial charge in [-0.25, -0.2) is 4.98 Å². The average Bonchev–Trinajstić information content (AvgIpc) is 3.03. The molecule has 1 fully saturated rings. The smallest absolute Gasteiger partial charge is 0.204 e. The Labute approximate surface area is 127 Å². The van der Waals surface area contributed by atoms with Crippen LogP contribution in [0.15, 0.2) is 0 Å². The maximum Gasteiger partial charge on any atom is 0.204 e. The largest absolute Gasteiger partial charge is 0.372 e. The highest BCUT2D eigenvalue weighted by atomic mass is 32.1. The Hall–Kier alpha value is -0.940. The SMILES string of the molecule is CCC.CCc1nc(C)c(CN2CCCC2)s1.NC=O. The summed E-state index contributed by atoms with van der Waals surface area (Å²) in [6.45, 7) is 12.3. The molecule has 116 valence electrons. The van der Waals surface area contributed by atoms with Gasteiger partial charge < -0.3 is 5.73 Å². The summed E-state index contributed by atoms with van der Waals surface area (Å²) in [4.78, 5) is 17.2. The lowest BCUT2D eigenvalue weighted by atomic mass is 10.3. The number of likely N-dealkylation sites (tertiary alicyclic amines) is 1. The Bertz CT molecular complexity index is 360. The summed E-state index contributed by atoms with van der Waals surface area (Å²) < 4.78 is 0. The lowest BCUT2D eigenvalue weighted by molar-refractivity contribution is -0.106. The van der Waals surface area contributed by atoms with Crippen LogP contribution in [-0.4, -0.2) is 29.4 Å². The lowest BCUT2D eigenvalue weighted by Gasteiger charge is -2.12. The number of rotatable bonds is 3. The molecule has 1 amide bonds. The minimum atomic E-state index is 0.250. The average molecular weight is 299 g/mol. The van der Waals surface area contributed by atoms with E-state index in [2.05, 4.69) is 43.3 Å². The van der Waals surface area contributed by atoms with Gasteiger partial charge in [-0.05, 0) is 39.3 Å². The molecule has 0 radical (unpaired) electrons. The van der Waals surface area contributed by atoms with Crippen molar-refractivity contribution in [3.63, 3.8) is 0 Å².